The van der Waals surface area contributed by atoms with Gasteiger partial charge >= 0.3 is 0 Å². The lowest BCUT2D eigenvalue weighted by Gasteiger charge is -1.77. The molecule has 0 aromatic carbocycles. The van der Waals surface area contributed by atoms with Crippen molar-refractivity contribution < 1.29 is 9.77 Å². The van der Waals surface area contributed by atoms with Crippen LogP contribution in [-0.2, 0) is 4.43 Å². The molecule has 0 aliphatic carbocycles. The maximum atomic E-state index is 8.12. The van der Waals surface area contributed by atoms with Crippen LogP contribution in [0, 0.1) is 10.1 Å². The standard InChI is InChI=1S/C2H8OSi.HNO2/c1-2-3-4;2-1-3/h2H2,1,4H3;1H. The topological polar surface area (TPSA) is 63.3 Å². The smallest absolute Gasteiger partial charge is 0.145 e. The summed E-state index contributed by atoms with van der Waals surface area (Å²) < 4.78 is 4.68. The van der Waals surface area contributed by atoms with Crippen molar-refractivity contribution in [3.05, 3.63) is 10.1 Å². The number of hydrogen-bond acceptors (Lipinski definition) is 3. The summed E-state index contributed by atoms with van der Waals surface area (Å²) in [5.74, 6) is 0. The van der Waals surface area contributed by atoms with Crippen LogP contribution in [0.4, 0.5) is 0 Å². The molecule has 0 spiro atoms. The van der Waals surface area contributed by atoms with E-state index in [0.29, 0.717) is 0 Å². The van der Waals surface area contributed by atoms with Gasteiger partial charge in [0, 0.05) is 11.9 Å². The van der Waals surface area contributed by atoms with Crippen molar-refractivity contribution in [2.75, 3.05) is 6.61 Å². The van der Waals surface area contributed by atoms with Gasteiger partial charge in [0.2, 0.25) is 0 Å². The molecule has 0 saturated carbocycles. The highest BCUT2D eigenvalue weighted by Crippen LogP contribution is 1.50. The Labute approximate surface area is 45.0 Å². The molecule has 0 amide bonds. The molecule has 0 heterocycles. The molecule has 0 rings (SSSR count). The molecule has 0 bridgehead atoms. The molecular formula is C2H9NO3Si. The third-order valence-electron chi connectivity index (χ3n) is 0.289. The fourth-order valence-electron chi connectivity index (χ4n) is 0. The average Bonchev–Trinajstić information content (AvgIpc) is 1.69. The second-order valence-electron chi connectivity index (χ2n) is 0.661. The molecule has 0 atom stereocenters. The van der Waals surface area contributed by atoms with Crippen LogP contribution < -0.4 is 5.34 Å². The summed E-state index contributed by atoms with van der Waals surface area (Å²) >= 11 is 0. The Kier molecular flexibility index (Phi) is 24.5. The highest BCUT2D eigenvalue weighted by Gasteiger charge is 1.51. The summed E-state index contributed by atoms with van der Waals surface area (Å²) in [7, 11) is 0.890. The van der Waals surface area contributed by atoms with Crippen LogP contribution in [-0.4, -0.2) is 17.1 Å². The van der Waals surface area contributed by atoms with Crippen molar-refractivity contribution in [2.45, 2.75) is 6.92 Å². The Bertz CT molecular complexity index is 32.1. The third kappa shape index (κ3) is 214. The lowest BCUT2D eigenvalue weighted by molar-refractivity contribution is -0.398. The van der Waals surface area contributed by atoms with Crippen molar-refractivity contribution in [1.29, 1.82) is 0 Å². The monoisotopic (exact) mass is 123 g/mol. The summed E-state index contributed by atoms with van der Waals surface area (Å²) in [5, 5.41) is 8.38. The molecule has 0 radical (unpaired) electrons. The molecule has 0 aliphatic rings. The van der Waals surface area contributed by atoms with Crippen LogP contribution in [0.2, 0.25) is 0 Å². The number of nitrogens with one attached hydrogen (secondary N) is 1. The van der Waals surface area contributed by atoms with E-state index < -0.39 is 0 Å². The van der Waals surface area contributed by atoms with E-state index in [1.54, 1.807) is 0 Å². The summed E-state index contributed by atoms with van der Waals surface area (Å²) in [6.07, 6.45) is 0. The van der Waals surface area contributed by atoms with Crippen LogP contribution in [0.1, 0.15) is 6.92 Å². The van der Waals surface area contributed by atoms with E-state index in [4.69, 9.17) is 10.1 Å². The SMILES string of the molecule is CCO[SiH3].O=[NH+][O-]. The summed E-state index contributed by atoms with van der Waals surface area (Å²) in [4.78, 5) is 8.12. The Morgan fingerprint density at radius 1 is 2.00 bits per heavy atom. The molecule has 7 heavy (non-hydrogen) atoms. The first-order chi connectivity index (χ1) is 3.33. The predicted octanol–water partition coefficient (Wildman–Crippen LogP) is -2.37. The van der Waals surface area contributed by atoms with Gasteiger partial charge in [0.25, 0.3) is 0 Å². The number of rotatable bonds is 1. The first kappa shape index (κ1) is 9.76. The summed E-state index contributed by atoms with van der Waals surface area (Å²) in [6, 6.07) is 0. The maximum absolute atomic E-state index is 8.12. The van der Waals surface area contributed by atoms with Gasteiger partial charge in [-0.3, -0.25) is 10.1 Å². The molecule has 0 aliphatic heterocycles. The molecule has 0 aromatic rings. The van der Waals surface area contributed by atoms with Crippen LogP contribution in [0.15, 0.2) is 0 Å². The number of hydrogen-bond donors (Lipinski definition) is 1. The van der Waals surface area contributed by atoms with Crippen molar-refractivity contribution in [3.8, 4) is 0 Å². The fourth-order valence-corrected chi connectivity index (χ4v) is 0. The van der Waals surface area contributed by atoms with Crippen LogP contribution in [0.25, 0.3) is 0 Å². The zero-order chi connectivity index (χ0) is 6.12. The molecule has 0 fully saturated rings. The van der Waals surface area contributed by atoms with E-state index >= 15 is 0 Å². The second kappa shape index (κ2) is 17.6. The van der Waals surface area contributed by atoms with Gasteiger partial charge in [-0.2, -0.15) is 0 Å². The van der Waals surface area contributed by atoms with Gasteiger partial charge in [-0.25, -0.2) is 0 Å². The quantitative estimate of drug-likeness (QED) is 0.241. The first-order valence-electron chi connectivity index (χ1n) is 1.81. The van der Waals surface area contributed by atoms with Gasteiger partial charge < -0.3 is 4.43 Å². The average molecular weight is 123 g/mol. The summed E-state index contributed by atoms with van der Waals surface area (Å²) in [6.45, 7) is 2.87. The van der Waals surface area contributed by atoms with E-state index in [1.807, 2.05) is 6.92 Å². The Morgan fingerprint density at radius 2 is 2.14 bits per heavy atom. The van der Waals surface area contributed by atoms with Crippen molar-refractivity contribution in [2.24, 2.45) is 0 Å². The molecule has 0 saturated heterocycles. The Balaban J connectivity index is 0. The highest BCUT2D eigenvalue weighted by atomic mass is 28.2. The Hall–Kier alpha value is -0.423. The van der Waals surface area contributed by atoms with E-state index in [9.17, 15) is 0 Å². The fraction of sp³-hybridized carbons (Fsp3) is 1.00. The van der Waals surface area contributed by atoms with Gasteiger partial charge in [-0.05, 0) is 6.92 Å². The molecule has 44 valence electrons. The van der Waals surface area contributed by atoms with Gasteiger partial charge in [0.1, 0.15) is 10.5 Å². The van der Waals surface area contributed by atoms with E-state index in [-0.39, 0.29) is 5.34 Å². The summed E-state index contributed by atoms with van der Waals surface area (Å²) in [5.41, 5.74) is 0. The minimum atomic E-state index is 0.250. The highest BCUT2D eigenvalue weighted by molar-refractivity contribution is 5.97. The van der Waals surface area contributed by atoms with Gasteiger partial charge in [-0.15, -0.1) is 0 Å². The van der Waals surface area contributed by atoms with Crippen molar-refractivity contribution in [3.63, 3.8) is 0 Å². The Morgan fingerprint density at radius 3 is 2.14 bits per heavy atom. The van der Waals surface area contributed by atoms with Crippen LogP contribution >= 0.6 is 0 Å². The second-order valence-corrected chi connectivity index (χ2v) is 1.24. The molecular weight excluding hydrogens is 114 g/mol. The van der Waals surface area contributed by atoms with Crippen molar-refractivity contribution >= 4 is 10.5 Å². The zero-order valence-electron chi connectivity index (χ0n) is 4.43. The third-order valence-corrected chi connectivity index (χ3v) is 0.866. The lowest BCUT2D eigenvalue weighted by Crippen LogP contribution is -2.53. The van der Waals surface area contributed by atoms with Gasteiger partial charge in [0.05, 0.1) is 0 Å². The normalized spacial score (nSPS) is 6.43. The van der Waals surface area contributed by atoms with E-state index in [1.165, 1.54) is 0 Å². The van der Waals surface area contributed by atoms with Crippen LogP contribution in [0.5, 0.6) is 0 Å². The molecule has 5 heteroatoms. The van der Waals surface area contributed by atoms with Crippen LogP contribution in [0.3, 0.4) is 0 Å². The lowest BCUT2D eigenvalue weighted by atomic mass is 10.9. The first-order valence-corrected chi connectivity index (χ1v) is 2.63. The largest absolute Gasteiger partial charge is 0.428 e. The minimum absolute atomic E-state index is 0.250. The van der Waals surface area contributed by atoms with E-state index in [0.717, 1.165) is 17.1 Å². The molecule has 0 aromatic heterocycles. The van der Waals surface area contributed by atoms with Gasteiger partial charge in [-0.1, -0.05) is 0 Å². The maximum Gasteiger partial charge on any atom is 0.145 e. The zero-order valence-corrected chi connectivity index (χ0v) is 6.43. The van der Waals surface area contributed by atoms with Gasteiger partial charge in [0.15, 0.2) is 0 Å². The van der Waals surface area contributed by atoms with Crippen molar-refractivity contribution in [1.82, 2.24) is 0 Å². The molecule has 1 N–H and O–H groups in total. The molecule has 4 nitrogen and oxygen atoms in total. The minimum Gasteiger partial charge on any atom is -0.428 e. The molecule has 0 unspecified atom stereocenters. The predicted molar refractivity (Wildman–Crippen MR) is 29.3 cm³/mol. The van der Waals surface area contributed by atoms with E-state index in [2.05, 4.69) is 4.43 Å².